The summed E-state index contributed by atoms with van der Waals surface area (Å²) in [6.45, 7) is 5.96. The first-order chi connectivity index (χ1) is 14.3. The predicted octanol–water partition coefficient (Wildman–Crippen LogP) is 1.33. The molecule has 156 valence electrons. The average Bonchev–Trinajstić information content (AvgIpc) is 3.20. The molecule has 2 aliphatic rings. The number of para-hydroxylation sites is 1. The molecule has 4 rings (SSSR count). The van der Waals surface area contributed by atoms with Crippen molar-refractivity contribution in [3.8, 4) is 5.75 Å². The zero-order valence-electron chi connectivity index (χ0n) is 16.3. The van der Waals surface area contributed by atoms with Crippen molar-refractivity contribution in [2.24, 2.45) is 0 Å². The van der Waals surface area contributed by atoms with Crippen molar-refractivity contribution in [1.82, 2.24) is 25.1 Å². The van der Waals surface area contributed by atoms with Crippen LogP contribution in [0.4, 0.5) is 4.79 Å². The largest absolute Gasteiger partial charge is 0.486 e. The summed E-state index contributed by atoms with van der Waals surface area (Å²) in [5.41, 5.74) is 0. The Kier molecular flexibility index (Phi) is 6.86. The van der Waals surface area contributed by atoms with Crippen LogP contribution in [-0.4, -0.2) is 77.5 Å². The van der Waals surface area contributed by atoms with Crippen molar-refractivity contribution in [3.05, 3.63) is 36.2 Å². The molecule has 1 fully saturated rings. The van der Waals surface area contributed by atoms with Crippen LogP contribution in [0.1, 0.15) is 12.2 Å². The van der Waals surface area contributed by atoms with Gasteiger partial charge in [0, 0.05) is 25.4 Å². The molecule has 2 aromatic rings. The van der Waals surface area contributed by atoms with Crippen LogP contribution >= 0.6 is 11.8 Å². The lowest BCUT2D eigenvalue weighted by molar-refractivity contribution is 0.0375. The number of amides is 2. The van der Waals surface area contributed by atoms with E-state index in [4.69, 9.17) is 9.47 Å². The Morgan fingerprint density at radius 2 is 2.00 bits per heavy atom. The molecule has 0 unspecified atom stereocenters. The zero-order valence-corrected chi connectivity index (χ0v) is 17.1. The van der Waals surface area contributed by atoms with Gasteiger partial charge in [0.25, 0.3) is 0 Å². The van der Waals surface area contributed by atoms with Crippen molar-refractivity contribution in [3.63, 3.8) is 0 Å². The number of rotatable bonds is 7. The first-order valence-electron chi connectivity index (χ1n) is 9.92. The molecule has 0 bridgehead atoms. The van der Waals surface area contributed by atoms with Gasteiger partial charge in [-0.2, -0.15) is 0 Å². The molecule has 3 heterocycles. The van der Waals surface area contributed by atoms with E-state index in [9.17, 15) is 4.79 Å². The summed E-state index contributed by atoms with van der Waals surface area (Å²) in [4.78, 5) is 15.2. The molecule has 2 amide bonds. The van der Waals surface area contributed by atoms with Gasteiger partial charge in [-0.3, -0.25) is 4.90 Å². The molecule has 0 aliphatic carbocycles. The molecule has 10 heteroatoms. The highest BCUT2D eigenvalue weighted by Gasteiger charge is 2.27. The smallest absolute Gasteiger partial charge is 0.336 e. The van der Waals surface area contributed by atoms with Gasteiger partial charge in [-0.05, 0) is 25.1 Å². The molecule has 2 aliphatic heterocycles. The topological polar surface area (TPSA) is 84.8 Å². The van der Waals surface area contributed by atoms with Gasteiger partial charge in [0.1, 0.15) is 12.4 Å². The van der Waals surface area contributed by atoms with E-state index in [1.54, 1.807) is 21.4 Å². The van der Waals surface area contributed by atoms with Crippen LogP contribution in [0.3, 0.4) is 0 Å². The lowest BCUT2D eigenvalue weighted by Crippen LogP contribution is -2.51. The number of thioether (sulfide) groups is 1. The van der Waals surface area contributed by atoms with Crippen molar-refractivity contribution in [2.45, 2.75) is 18.2 Å². The second-order valence-corrected chi connectivity index (χ2v) is 7.89. The van der Waals surface area contributed by atoms with E-state index >= 15 is 0 Å². The van der Waals surface area contributed by atoms with E-state index < -0.39 is 0 Å². The second-order valence-electron chi connectivity index (χ2n) is 6.82. The van der Waals surface area contributed by atoms with Crippen LogP contribution in [0.2, 0.25) is 0 Å². The van der Waals surface area contributed by atoms with Gasteiger partial charge in [-0.1, -0.05) is 30.0 Å². The molecule has 1 saturated heterocycles. The number of urea groups is 1. The fourth-order valence-corrected chi connectivity index (χ4v) is 4.18. The van der Waals surface area contributed by atoms with E-state index in [1.807, 2.05) is 30.3 Å². The predicted molar refractivity (Wildman–Crippen MR) is 110 cm³/mol. The molecule has 0 spiro atoms. The summed E-state index contributed by atoms with van der Waals surface area (Å²) >= 11 is 1.59. The maximum absolute atomic E-state index is 12.8. The van der Waals surface area contributed by atoms with Gasteiger partial charge < -0.3 is 14.8 Å². The Morgan fingerprint density at radius 1 is 1.17 bits per heavy atom. The third-order valence-corrected chi connectivity index (χ3v) is 5.73. The lowest BCUT2D eigenvalue weighted by atomic mass is 10.3. The summed E-state index contributed by atoms with van der Waals surface area (Å²) in [6, 6.07) is 9.42. The van der Waals surface area contributed by atoms with Crippen molar-refractivity contribution in [2.75, 3.05) is 56.7 Å². The van der Waals surface area contributed by atoms with Gasteiger partial charge in [-0.25, -0.2) is 14.5 Å². The molecule has 0 radical (unpaired) electrons. The van der Waals surface area contributed by atoms with Gasteiger partial charge in [-0.15, -0.1) is 10.2 Å². The number of hydrogen-bond acceptors (Lipinski definition) is 7. The van der Waals surface area contributed by atoms with Crippen LogP contribution in [0.25, 0.3) is 0 Å². The molecular formula is C19H26N6O3S. The minimum atomic E-state index is -0.130. The normalized spacial score (nSPS) is 17.0. The van der Waals surface area contributed by atoms with E-state index in [2.05, 4.69) is 20.4 Å². The number of fused-ring (bicyclic) bond motifs is 1. The van der Waals surface area contributed by atoms with E-state index in [1.165, 1.54) is 0 Å². The van der Waals surface area contributed by atoms with E-state index in [0.717, 1.165) is 50.8 Å². The van der Waals surface area contributed by atoms with Crippen LogP contribution in [0.15, 0.2) is 35.5 Å². The summed E-state index contributed by atoms with van der Waals surface area (Å²) in [7, 11) is 0. The number of morpholine rings is 1. The minimum Gasteiger partial charge on any atom is -0.486 e. The molecule has 0 saturated carbocycles. The van der Waals surface area contributed by atoms with Crippen LogP contribution in [0.5, 0.6) is 5.75 Å². The number of hydrogen-bond donors (Lipinski definition) is 1. The fraction of sp³-hybridized carbons (Fsp3) is 0.526. The van der Waals surface area contributed by atoms with Crippen molar-refractivity contribution in [1.29, 1.82) is 0 Å². The first kappa shape index (κ1) is 20.0. The summed E-state index contributed by atoms with van der Waals surface area (Å²) in [6.07, 6.45) is 0.910. The Labute approximate surface area is 174 Å². The Bertz CT molecular complexity index is 796. The Balaban J connectivity index is 1.32. The standard InChI is InChI=1S/C19H26N6O3S/c26-18(20-7-4-8-23-9-12-27-13-10-23)24-11-14-29-19-22-21-17(25(19)24)15-28-16-5-2-1-3-6-16/h1-3,5-6H,4,7-15H2,(H,20,26). The monoisotopic (exact) mass is 418 g/mol. The number of ether oxygens (including phenoxy) is 2. The molecule has 0 atom stereocenters. The fourth-order valence-electron chi connectivity index (χ4n) is 3.31. The highest BCUT2D eigenvalue weighted by atomic mass is 32.2. The second kappa shape index (κ2) is 9.95. The zero-order chi connectivity index (χ0) is 19.9. The highest BCUT2D eigenvalue weighted by molar-refractivity contribution is 7.99. The van der Waals surface area contributed by atoms with Gasteiger partial charge in [0.2, 0.25) is 5.16 Å². The van der Waals surface area contributed by atoms with Crippen molar-refractivity contribution < 1.29 is 14.3 Å². The Hall–Kier alpha value is -2.30. The molecule has 1 aromatic carbocycles. The molecular weight excluding hydrogens is 392 g/mol. The van der Waals surface area contributed by atoms with Gasteiger partial charge >= 0.3 is 6.03 Å². The van der Waals surface area contributed by atoms with Crippen LogP contribution in [0, 0.1) is 0 Å². The van der Waals surface area contributed by atoms with Gasteiger partial charge in [0.15, 0.2) is 5.82 Å². The minimum absolute atomic E-state index is 0.130. The first-order valence-corrected chi connectivity index (χ1v) is 10.9. The number of carbonyl (C=O) groups excluding carboxylic acids is 1. The maximum atomic E-state index is 12.8. The molecule has 9 nitrogen and oxygen atoms in total. The molecule has 29 heavy (non-hydrogen) atoms. The number of nitrogens with one attached hydrogen (secondary N) is 1. The van der Waals surface area contributed by atoms with E-state index in [0.29, 0.717) is 24.1 Å². The van der Waals surface area contributed by atoms with Crippen LogP contribution in [-0.2, 0) is 11.3 Å². The van der Waals surface area contributed by atoms with Crippen molar-refractivity contribution >= 4 is 17.8 Å². The third kappa shape index (κ3) is 5.20. The SMILES string of the molecule is O=C(NCCCN1CCOCC1)N1CCSc2nnc(COc3ccccc3)n21. The Morgan fingerprint density at radius 3 is 2.83 bits per heavy atom. The molecule has 1 N–H and O–H groups in total. The number of carbonyl (C=O) groups is 1. The number of benzene rings is 1. The van der Waals surface area contributed by atoms with Crippen LogP contribution < -0.4 is 15.1 Å². The quantitative estimate of drug-likeness (QED) is 0.679. The van der Waals surface area contributed by atoms with E-state index in [-0.39, 0.29) is 12.6 Å². The highest BCUT2D eigenvalue weighted by Crippen LogP contribution is 2.23. The average molecular weight is 419 g/mol. The maximum Gasteiger partial charge on any atom is 0.336 e. The summed E-state index contributed by atoms with van der Waals surface area (Å²) < 4.78 is 12.9. The number of nitrogens with zero attached hydrogens (tertiary/aromatic N) is 5. The lowest BCUT2D eigenvalue weighted by Gasteiger charge is -2.29. The van der Waals surface area contributed by atoms with Gasteiger partial charge in [0.05, 0.1) is 19.8 Å². The summed E-state index contributed by atoms with van der Waals surface area (Å²) in [5, 5.41) is 13.9. The third-order valence-electron chi connectivity index (χ3n) is 4.83. The number of aromatic nitrogens is 3. The molecule has 1 aromatic heterocycles. The summed E-state index contributed by atoms with van der Waals surface area (Å²) in [5.74, 6) is 2.16.